The smallest absolute Gasteiger partial charge is 0.128 e. The van der Waals surface area contributed by atoms with Crippen LogP contribution in [-0.4, -0.2) is 31.2 Å². The predicted octanol–water partition coefficient (Wildman–Crippen LogP) is 2.22. The summed E-state index contributed by atoms with van der Waals surface area (Å²) < 4.78 is 0. The van der Waals surface area contributed by atoms with Gasteiger partial charge in [-0.05, 0) is 34.5 Å². The number of nitrogens with zero attached hydrogens (tertiary/aromatic N) is 2. The number of rotatable bonds is 2. The van der Waals surface area contributed by atoms with Gasteiger partial charge < -0.3 is 10.2 Å². The van der Waals surface area contributed by atoms with Crippen molar-refractivity contribution in [2.45, 2.75) is 0 Å². The lowest BCUT2D eigenvalue weighted by Gasteiger charge is -2.28. The summed E-state index contributed by atoms with van der Waals surface area (Å²) in [5, 5.41) is 7.60. The fraction of sp³-hybridized carbons (Fsp3) is 0.308. The average Bonchev–Trinajstić information content (AvgIpc) is 2.94. The van der Waals surface area contributed by atoms with E-state index >= 15 is 0 Å². The van der Waals surface area contributed by atoms with Crippen molar-refractivity contribution >= 4 is 17.2 Å². The molecule has 1 saturated heterocycles. The number of hydrogen-bond acceptors (Lipinski definition) is 4. The van der Waals surface area contributed by atoms with Gasteiger partial charge in [0.05, 0.1) is 0 Å². The molecule has 4 heteroatoms. The number of hydrogen-bond donors (Lipinski definition) is 1. The third-order valence-corrected chi connectivity index (χ3v) is 3.73. The van der Waals surface area contributed by atoms with Gasteiger partial charge >= 0.3 is 0 Å². The van der Waals surface area contributed by atoms with Gasteiger partial charge in [-0.1, -0.05) is 0 Å². The zero-order valence-electron chi connectivity index (χ0n) is 9.60. The van der Waals surface area contributed by atoms with Crippen molar-refractivity contribution in [2.75, 3.05) is 31.1 Å². The van der Waals surface area contributed by atoms with E-state index in [4.69, 9.17) is 0 Å². The van der Waals surface area contributed by atoms with Gasteiger partial charge in [0, 0.05) is 37.9 Å². The molecule has 88 valence electrons. The van der Waals surface area contributed by atoms with Gasteiger partial charge in [0.2, 0.25) is 0 Å². The minimum absolute atomic E-state index is 1.05. The molecule has 0 spiro atoms. The number of nitrogens with one attached hydrogen (secondary N) is 1. The first kappa shape index (κ1) is 10.7. The first-order valence-corrected chi connectivity index (χ1v) is 6.82. The van der Waals surface area contributed by atoms with Gasteiger partial charge in [-0.25, -0.2) is 4.98 Å². The zero-order valence-corrected chi connectivity index (χ0v) is 10.4. The lowest BCUT2D eigenvalue weighted by molar-refractivity contribution is 0.585. The zero-order chi connectivity index (χ0) is 11.5. The molecule has 1 fully saturated rings. The van der Waals surface area contributed by atoms with Crippen molar-refractivity contribution in [3.63, 3.8) is 0 Å². The molecule has 1 N–H and O–H groups in total. The van der Waals surface area contributed by atoms with Crippen molar-refractivity contribution in [3.8, 4) is 11.1 Å². The summed E-state index contributed by atoms with van der Waals surface area (Å²) in [6.07, 6.45) is 1.97. The van der Waals surface area contributed by atoms with Crippen LogP contribution < -0.4 is 10.2 Å². The maximum atomic E-state index is 4.56. The number of anilines is 1. The summed E-state index contributed by atoms with van der Waals surface area (Å²) in [5.74, 6) is 1.09. The Kier molecular flexibility index (Phi) is 3.07. The van der Waals surface area contributed by atoms with Crippen LogP contribution in [0, 0.1) is 0 Å². The Hall–Kier alpha value is -1.39. The van der Waals surface area contributed by atoms with Crippen LogP contribution >= 0.6 is 11.3 Å². The molecule has 0 bridgehead atoms. The van der Waals surface area contributed by atoms with Gasteiger partial charge in [0.1, 0.15) is 5.82 Å². The normalized spacial score (nSPS) is 16.1. The molecule has 0 unspecified atom stereocenters. The van der Waals surface area contributed by atoms with Crippen molar-refractivity contribution in [1.29, 1.82) is 0 Å². The minimum atomic E-state index is 1.05. The Morgan fingerprint density at radius 1 is 1.12 bits per heavy atom. The highest BCUT2D eigenvalue weighted by Gasteiger charge is 2.11. The van der Waals surface area contributed by atoms with Gasteiger partial charge in [0.25, 0.3) is 0 Å². The molecule has 17 heavy (non-hydrogen) atoms. The second-order valence-corrected chi connectivity index (χ2v) is 4.93. The van der Waals surface area contributed by atoms with Crippen LogP contribution in [0.25, 0.3) is 11.1 Å². The second-order valence-electron chi connectivity index (χ2n) is 4.15. The third kappa shape index (κ3) is 2.33. The van der Waals surface area contributed by atoms with Gasteiger partial charge in [0.15, 0.2) is 0 Å². The fourth-order valence-corrected chi connectivity index (χ4v) is 2.73. The van der Waals surface area contributed by atoms with Gasteiger partial charge in [-0.2, -0.15) is 11.3 Å². The quantitative estimate of drug-likeness (QED) is 0.879. The van der Waals surface area contributed by atoms with E-state index in [2.05, 4.69) is 44.2 Å². The Morgan fingerprint density at radius 3 is 2.65 bits per heavy atom. The van der Waals surface area contributed by atoms with Crippen LogP contribution in [0.15, 0.2) is 35.2 Å². The molecule has 0 atom stereocenters. The lowest BCUT2D eigenvalue weighted by Crippen LogP contribution is -2.43. The van der Waals surface area contributed by atoms with Crippen molar-refractivity contribution < 1.29 is 0 Å². The molecule has 3 nitrogen and oxygen atoms in total. The van der Waals surface area contributed by atoms with E-state index in [0.29, 0.717) is 0 Å². The summed E-state index contributed by atoms with van der Waals surface area (Å²) in [7, 11) is 0. The summed E-state index contributed by atoms with van der Waals surface area (Å²) in [6, 6.07) is 6.41. The first-order valence-electron chi connectivity index (χ1n) is 5.88. The highest BCUT2D eigenvalue weighted by atomic mass is 32.1. The number of piperazine rings is 1. The molecule has 3 rings (SSSR count). The van der Waals surface area contributed by atoms with Crippen LogP contribution in [0.1, 0.15) is 0 Å². The second kappa shape index (κ2) is 4.85. The third-order valence-electron chi connectivity index (χ3n) is 3.04. The standard InChI is InChI=1S/C13H15N3S/c1-2-13(16-6-4-14-5-7-16)15-9-11(1)12-3-8-17-10-12/h1-3,8-10,14H,4-7H2. The Labute approximate surface area is 105 Å². The average molecular weight is 245 g/mol. The Bertz CT molecular complexity index is 458. The van der Waals surface area contributed by atoms with Crippen LogP contribution in [0.4, 0.5) is 5.82 Å². The fourth-order valence-electron chi connectivity index (χ4n) is 2.07. The van der Waals surface area contributed by atoms with E-state index in [1.54, 1.807) is 11.3 Å². The van der Waals surface area contributed by atoms with Crippen LogP contribution in [-0.2, 0) is 0 Å². The summed E-state index contributed by atoms with van der Waals surface area (Å²) in [5.41, 5.74) is 2.46. The van der Waals surface area contributed by atoms with E-state index in [-0.39, 0.29) is 0 Å². The van der Waals surface area contributed by atoms with E-state index in [0.717, 1.165) is 32.0 Å². The molecular weight excluding hydrogens is 230 g/mol. The largest absolute Gasteiger partial charge is 0.354 e. The molecule has 0 aromatic carbocycles. The van der Waals surface area contributed by atoms with E-state index in [1.165, 1.54) is 11.1 Å². The van der Waals surface area contributed by atoms with Crippen molar-refractivity contribution in [1.82, 2.24) is 10.3 Å². The Balaban J connectivity index is 1.80. The van der Waals surface area contributed by atoms with Crippen molar-refractivity contribution in [2.24, 2.45) is 0 Å². The molecule has 1 aliphatic heterocycles. The Morgan fingerprint density at radius 2 is 2.00 bits per heavy atom. The minimum Gasteiger partial charge on any atom is -0.354 e. The van der Waals surface area contributed by atoms with Crippen molar-refractivity contribution in [3.05, 3.63) is 35.2 Å². The molecule has 1 aliphatic rings. The van der Waals surface area contributed by atoms with Gasteiger partial charge in [-0.15, -0.1) is 0 Å². The number of thiophene rings is 1. The lowest BCUT2D eigenvalue weighted by atomic mass is 10.1. The molecule has 2 aromatic heterocycles. The molecule has 0 radical (unpaired) electrons. The highest BCUT2D eigenvalue weighted by molar-refractivity contribution is 7.08. The van der Waals surface area contributed by atoms with Crippen LogP contribution in [0.5, 0.6) is 0 Å². The van der Waals surface area contributed by atoms with E-state index in [1.807, 2.05) is 6.20 Å². The topological polar surface area (TPSA) is 28.2 Å². The van der Waals surface area contributed by atoms with E-state index in [9.17, 15) is 0 Å². The molecular formula is C13H15N3S. The van der Waals surface area contributed by atoms with E-state index < -0.39 is 0 Å². The molecule has 0 amide bonds. The molecule has 2 aromatic rings. The molecule has 0 saturated carbocycles. The SMILES string of the molecule is c1cc(-c2ccc(N3CCNCC3)nc2)cs1. The molecule has 3 heterocycles. The maximum absolute atomic E-state index is 4.56. The summed E-state index contributed by atoms with van der Waals surface area (Å²) in [6.45, 7) is 4.19. The maximum Gasteiger partial charge on any atom is 0.128 e. The molecule has 0 aliphatic carbocycles. The highest BCUT2D eigenvalue weighted by Crippen LogP contribution is 2.23. The van der Waals surface area contributed by atoms with Crippen LogP contribution in [0.3, 0.4) is 0 Å². The first-order chi connectivity index (χ1) is 8.43. The number of pyridine rings is 1. The summed E-state index contributed by atoms with van der Waals surface area (Å²) >= 11 is 1.72. The van der Waals surface area contributed by atoms with Crippen LogP contribution in [0.2, 0.25) is 0 Å². The van der Waals surface area contributed by atoms with Gasteiger partial charge in [-0.3, -0.25) is 0 Å². The predicted molar refractivity (Wildman–Crippen MR) is 72.6 cm³/mol. The number of aromatic nitrogens is 1. The summed E-state index contributed by atoms with van der Waals surface area (Å²) in [4.78, 5) is 6.89. The monoisotopic (exact) mass is 245 g/mol.